The van der Waals surface area contributed by atoms with Crippen LogP contribution in [0.5, 0.6) is 0 Å². The van der Waals surface area contributed by atoms with Gasteiger partial charge in [0.25, 0.3) is 0 Å². The lowest BCUT2D eigenvalue weighted by Crippen LogP contribution is -2.01. The first-order chi connectivity index (χ1) is 3.92. The van der Waals surface area contributed by atoms with Crippen LogP contribution in [0.3, 0.4) is 0 Å². The normalized spacial score (nSPS) is 13.6. The van der Waals surface area contributed by atoms with Crippen LogP contribution in [0, 0.1) is 5.92 Å². The molecule has 0 N–H and O–H groups in total. The topological polar surface area (TPSA) is 0 Å². The van der Waals surface area contributed by atoms with Crippen LogP contribution >= 0.6 is 0 Å². The molecule has 0 fully saturated rings. The third-order valence-electron chi connectivity index (χ3n) is 0.670. The van der Waals surface area contributed by atoms with Crippen molar-refractivity contribution in [1.82, 2.24) is 0 Å². The second-order valence-electron chi connectivity index (χ2n) is 2.14. The lowest BCUT2D eigenvalue weighted by Gasteiger charge is -1.98. The minimum Gasteiger partial charge on any atom is -0.167 e. The molecule has 0 radical (unpaired) electrons. The maximum absolute atomic E-state index is 11.3. The van der Waals surface area contributed by atoms with Crippen molar-refractivity contribution in [2.24, 2.45) is 5.92 Å². The molecule has 0 amide bonds. The number of rotatable bonds is 1. The molecule has 0 unspecified atom stereocenters. The van der Waals surface area contributed by atoms with E-state index in [1.54, 1.807) is 13.8 Å². The van der Waals surface area contributed by atoms with Crippen molar-refractivity contribution in [1.29, 1.82) is 0 Å². The van der Waals surface area contributed by atoms with Crippen LogP contribution in [0.2, 0.25) is 0 Å². The monoisotopic (exact) mass is 138 g/mol. The predicted octanol–water partition coefficient (Wildman–Crippen LogP) is 2.76. The molecule has 0 heterocycles. The van der Waals surface area contributed by atoms with Gasteiger partial charge in [0.2, 0.25) is 0 Å². The molecule has 0 bridgehead atoms. The van der Waals surface area contributed by atoms with E-state index in [1.807, 2.05) is 0 Å². The second kappa shape index (κ2) is 2.90. The van der Waals surface area contributed by atoms with Crippen LogP contribution in [0.15, 0.2) is 12.2 Å². The molecule has 0 aliphatic rings. The molecule has 0 aliphatic heterocycles. The molecule has 0 nitrogen and oxygen atoms in total. The van der Waals surface area contributed by atoms with Gasteiger partial charge in [0.15, 0.2) is 0 Å². The van der Waals surface area contributed by atoms with Gasteiger partial charge in [0.05, 0.1) is 0 Å². The highest BCUT2D eigenvalue weighted by Crippen LogP contribution is 2.16. The van der Waals surface area contributed by atoms with E-state index in [4.69, 9.17) is 0 Å². The van der Waals surface area contributed by atoms with Gasteiger partial charge in [-0.05, 0) is 5.92 Å². The molecule has 9 heavy (non-hydrogen) atoms. The fraction of sp³-hybridized carbons (Fsp3) is 0.667. The van der Waals surface area contributed by atoms with Crippen molar-refractivity contribution in [2.45, 2.75) is 20.0 Å². The fourth-order valence-electron chi connectivity index (χ4n) is 0.302. The van der Waals surface area contributed by atoms with Gasteiger partial charge >= 0.3 is 6.18 Å². The number of hydrogen-bond donors (Lipinski definition) is 0. The van der Waals surface area contributed by atoms with Crippen LogP contribution in [0.4, 0.5) is 13.2 Å². The largest absolute Gasteiger partial charge is 0.409 e. The molecule has 0 spiro atoms. The number of alkyl halides is 3. The molecule has 0 aromatic rings. The molecular weight excluding hydrogens is 129 g/mol. The van der Waals surface area contributed by atoms with Gasteiger partial charge in [-0.25, -0.2) is 0 Å². The van der Waals surface area contributed by atoms with Gasteiger partial charge in [-0.2, -0.15) is 13.2 Å². The predicted molar refractivity (Wildman–Crippen MR) is 30.0 cm³/mol. The Bertz CT molecular complexity index is 99.4. The first-order valence-corrected chi connectivity index (χ1v) is 2.68. The van der Waals surface area contributed by atoms with Crippen molar-refractivity contribution in [3.8, 4) is 0 Å². The van der Waals surface area contributed by atoms with Crippen molar-refractivity contribution in [3.05, 3.63) is 12.2 Å². The Balaban J connectivity index is 3.71. The van der Waals surface area contributed by atoms with Crippen LogP contribution in [0.25, 0.3) is 0 Å². The van der Waals surface area contributed by atoms with E-state index in [1.165, 1.54) is 0 Å². The smallest absolute Gasteiger partial charge is 0.167 e. The summed E-state index contributed by atoms with van der Waals surface area (Å²) in [5.41, 5.74) is 0. The Morgan fingerprint density at radius 3 is 1.78 bits per heavy atom. The zero-order chi connectivity index (χ0) is 7.49. The summed E-state index contributed by atoms with van der Waals surface area (Å²) in [7, 11) is 0. The lowest BCUT2D eigenvalue weighted by molar-refractivity contribution is -0.0802. The minimum atomic E-state index is -4.15. The highest BCUT2D eigenvalue weighted by atomic mass is 19.4. The average molecular weight is 138 g/mol. The Morgan fingerprint density at radius 2 is 1.67 bits per heavy atom. The Labute approximate surface area is 52.4 Å². The molecule has 0 aromatic carbocycles. The fourth-order valence-corrected chi connectivity index (χ4v) is 0.302. The van der Waals surface area contributed by atoms with Crippen molar-refractivity contribution >= 4 is 0 Å². The molecular formula is C6H9F3. The third-order valence-corrected chi connectivity index (χ3v) is 0.670. The molecule has 0 aromatic heterocycles. The zero-order valence-corrected chi connectivity index (χ0v) is 5.37. The van der Waals surface area contributed by atoms with Crippen molar-refractivity contribution < 1.29 is 13.2 Å². The van der Waals surface area contributed by atoms with Gasteiger partial charge in [-0.1, -0.05) is 19.9 Å². The zero-order valence-electron chi connectivity index (χ0n) is 5.37. The molecule has 0 rings (SSSR count). The van der Waals surface area contributed by atoms with E-state index in [2.05, 4.69) is 0 Å². The number of hydrogen-bond acceptors (Lipinski definition) is 0. The standard InChI is InChI=1S/C6H9F3/c1-5(2)3-4-6(7,8)9/h3-5H,1-2H3/b4-3+. The molecule has 0 saturated heterocycles. The highest BCUT2D eigenvalue weighted by Gasteiger charge is 2.21. The first kappa shape index (κ1) is 8.53. The Morgan fingerprint density at radius 1 is 1.22 bits per heavy atom. The summed E-state index contributed by atoms with van der Waals surface area (Å²) >= 11 is 0. The summed E-state index contributed by atoms with van der Waals surface area (Å²) in [5, 5.41) is 0. The van der Waals surface area contributed by atoms with Gasteiger partial charge in [-0.15, -0.1) is 0 Å². The van der Waals surface area contributed by atoms with Crippen molar-refractivity contribution in [3.63, 3.8) is 0 Å². The lowest BCUT2D eigenvalue weighted by atomic mass is 10.2. The molecule has 0 atom stereocenters. The van der Waals surface area contributed by atoms with Gasteiger partial charge < -0.3 is 0 Å². The Hall–Kier alpha value is -0.470. The van der Waals surface area contributed by atoms with E-state index >= 15 is 0 Å². The molecule has 3 heteroatoms. The van der Waals surface area contributed by atoms with Crippen LogP contribution in [-0.4, -0.2) is 6.18 Å². The van der Waals surface area contributed by atoms with Crippen LogP contribution in [0.1, 0.15) is 13.8 Å². The molecule has 0 saturated carbocycles. The number of allylic oxidation sites excluding steroid dienone is 2. The minimum absolute atomic E-state index is 0.0355. The maximum Gasteiger partial charge on any atom is 0.409 e. The quantitative estimate of drug-likeness (QED) is 0.489. The Kier molecular flexibility index (Phi) is 2.74. The summed E-state index contributed by atoms with van der Waals surface area (Å²) in [6.45, 7) is 3.39. The van der Waals surface area contributed by atoms with E-state index in [0.717, 1.165) is 6.08 Å². The van der Waals surface area contributed by atoms with E-state index in [9.17, 15) is 13.2 Å². The summed E-state index contributed by atoms with van der Waals surface area (Å²) in [4.78, 5) is 0. The van der Waals surface area contributed by atoms with Gasteiger partial charge in [0.1, 0.15) is 0 Å². The van der Waals surface area contributed by atoms with Gasteiger partial charge in [-0.3, -0.25) is 0 Å². The van der Waals surface area contributed by atoms with E-state index < -0.39 is 6.18 Å². The highest BCUT2D eigenvalue weighted by molar-refractivity contribution is 4.90. The number of halogens is 3. The molecule has 0 aliphatic carbocycles. The summed E-state index contributed by atoms with van der Waals surface area (Å²) in [5.74, 6) is -0.0355. The van der Waals surface area contributed by atoms with Crippen LogP contribution in [-0.2, 0) is 0 Å². The van der Waals surface area contributed by atoms with Gasteiger partial charge in [0, 0.05) is 6.08 Å². The third kappa shape index (κ3) is 7.53. The van der Waals surface area contributed by atoms with Crippen molar-refractivity contribution in [2.75, 3.05) is 0 Å². The first-order valence-electron chi connectivity index (χ1n) is 2.68. The summed E-state index contributed by atoms with van der Waals surface area (Å²) in [6, 6.07) is 0. The van der Waals surface area contributed by atoms with E-state index in [0.29, 0.717) is 0 Å². The second-order valence-corrected chi connectivity index (χ2v) is 2.14. The molecule has 54 valence electrons. The maximum atomic E-state index is 11.3. The SMILES string of the molecule is CC(C)/C=C/C(F)(F)F. The average Bonchev–Trinajstić information content (AvgIpc) is 1.59. The summed E-state index contributed by atoms with van der Waals surface area (Å²) in [6.07, 6.45) is -2.76. The van der Waals surface area contributed by atoms with Crippen LogP contribution < -0.4 is 0 Å². The summed E-state index contributed by atoms with van der Waals surface area (Å²) < 4.78 is 34.0. The van der Waals surface area contributed by atoms with E-state index in [-0.39, 0.29) is 12.0 Å².